The Balaban J connectivity index is 1.46. The van der Waals surface area contributed by atoms with Crippen molar-refractivity contribution in [1.82, 2.24) is 25.1 Å². The summed E-state index contributed by atoms with van der Waals surface area (Å²) in [5.74, 6) is 1.32. The summed E-state index contributed by atoms with van der Waals surface area (Å²) in [6.45, 7) is 4.75. The van der Waals surface area contributed by atoms with Crippen LogP contribution in [-0.2, 0) is 0 Å². The number of hydrogen-bond acceptors (Lipinski definition) is 5. The zero-order valence-electron chi connectivity index (χ0n) is 15.0. The minimum absolute atomic E-state index is 0.299. The Morgan fingerprint density at radius 1 is 1.15 bits per heavy atom. The van der Waals surface area contributed by atoms with Gasteiger partial charge in [-0.3, -0.25) is 0 Å². The van der Waals surface area contributed by atoms with Gasteiger partial charge in [0.2, 0.25) is 0 Å². The highest BCUT2D eigenvalue weighted by Gasteiger charge is 2.04. The van der Waals surface area contributed by atoms with E-state index < -0.39 is 0 Å². The van der Waals surface area contributed by atoms with Crippen molar-refractivity contribution < 1.29 is 4.79 Å². The highest BCUT2D eigenvalue weighted by atomic mass is 35.5. The van der Waals surface area contributed by atoms with Crippen molar-refractivity contribution in [3.05, 3.63) is 59.1 Å². The second kappa shape index (κ2) is 8.50. The SMILES string of the molecule is Cc1ccn(-c2cc(NCCNC(=O)Nc3ccc(C)c(Cl)c3)ncn2)n1. The zero-order valence-corrected chi connectivity index (χ0v) is 15.8. The number of benzene rings is 1. The normalized spacial score (nSPS) is 10.5. The molecular formula is C18H20ClN7O. The molecule has 3 aromatic rings. The maximum atomic E-state index is 11.9. The first-order valence-electron chi connectivity index (χ1n) is 8.41. The Hall–Kier alpha value is -3.13. The van der Waals surface area contributed by atoms with Crippen molar-refractivity contribution in [3.63, 3.8) is 0 Å². The minimum atomic E-state index is -0.299. The number of aromatic nitrogens is 4. The summed E-state index contributed by atoms with van der Waals surface area (Å²) in [5, 5.41) is 13.6. The predicted octanol–water partition coefficient (Wildman–Crippen LogP) is 3.17. The molecule has 9 heteroatoms. The molecule has 2 heterocycles. The van der Waals surface area contributed by atoms with Crippen LogP contribution in [0.4, 0.5) is 16.3 Å². The van der Waals surface area contributed by atoms with Gasteiger partial charge in [0.25, 0.3) is 0 Å². The molecule has 3 N–H and O–H groups in total. The smallest absolute Gasteiger partial charge is 0.319 e. The molecule has 0 unspecified atom stereocenters. The first-order chi connectivity index (χ1) is 13.0. The molecule has 0 spiro atoms. The van der Waals surface area contributed by atoms with Gasteiger partial charge in [0.1, 0.15) is 12.1 Å². The van der Waals surface area contributed by atoms with Gasteiger partial charge in [-0.25, -0.2) is 19.4 Å². The van der Waals surface area contributed by atoms with Gasteiger partial charge in [0.05, 0.1) is 5.69 Å². The third kappa shape index (κ3) is 5.18. The van der Waals surface area contributed by atoms with Crippen molar-refractivity contribution in [2.75, 3.05) is 23.7 Å². The highest BCUT2D eigenvalue weighted by molar-refractivity contribution is 6.31. The molecule has 0 bridgehead atoms. The lowest BCUT2D eigenvalue weighted by Crippen LogP contribution is -2.32. The van der Waals surface area contributed by atoms with E-state index in [1.807, 2.05) is 32.2 Å². The highest BCUT2D eigenvalue weighted by Crippen LogP contribution is 2.19. The van der Waals surface area contributed by atoms with Crippen molar-refractivity contribution in [3.8, 4) is 5.82 Å². The van der Waals surface area contributed by atoms with Crippen molar-refractivity contribution in [2.24, 2.45) is 0 Å². The van der Waals surface area contributed by atoms with E-state index >= 15 is 0 Å². The van der Waals surface area contributed by atoms with Crippen LogP contribution in [0.2, 0.25) is 5.02 Å². The molecule has 140 valence electrons. The van der Waals surface area contributed by atoms with E-state index in [1.54, 1.807) is 22.9 Å². The van der Waals surface area contributed by atoms with Crippen LogP contribution < -0.4 is 16.0 Å². The topological polar surface area (TPSA) is 96.8 Å². The van der Waals surface area contributed by atoms with Gasteiger partial charge in [0, 0.05) is 36.1 Å². The molecule has 1 aromatic carbocycles. The summed E-state index contributed by atoms with van der Waals surface area (Å²) < 4.78 is 1.68. The molecule has 8 nitrogen and oxygen atoms in total. The molecule has 0 atom stereocenters. The molecule has 0 aliphatic rings. The van der Waals surface area contributed by atoms with E-state index in [2.05, 4.69) is 31.0 Å². The van der Waals surface area contributed by atoms with E-state index in [4.69, 9.17) is 11.6 Å². The number of nitrogens with zero attached hydrogens (tertiary/aromatic N) is 4. The second-order valence-corrected chi connectivity index (χ2v) is 6.34. The van der Waals surface area contributed by atoms with Gasteiger partial charge in [-0.15, -0.1) is 0 Å². The van der Waals surface area contributed by atoms with E-state index in [0.717, 1.165) is 11.3 Å². The molecule has 0 saturated heterocycles. The predicted molar refractivity (Wildman–Crippen MR) is 106 cm³/mol. The average molecular weight is 386 g/mol. The third-order valence-electron chi connectivity index (χ3n) is 3.76. The molecule has 2 aromatic heterocycles. The number of anilines is 2. The first kappa shape index (κ1) is 18.7. The number of nitrogens with one attached hydrogen (secondary N) is 3. The second-order valence-electron chi connectivity index (χ2n) is 5.93. The molecule has 3 rings (SSSR count). The molecule has 0 saturated carbocycles. The van der Waals surface area contributed by atoms with Crippen LogP contribution in [0, 0.1) is 13.8 Å². The Bertz CT molecular complexity index is 941. The van der Waals surface area contributed by atoms with Gasteiger partial charge < -0.3 is 16.0 Å². The van der Waals surface area contributed by atoms with Gasteiger partial charge in [-0.05, 0) is 37.6 Å². The average Bonchev–Trinajstić information content (AvgIpc) is 3.09. The van der Waals surface area contributed by atoms with Gasteiger partial charge in [-0.2, -0.15) is 5.10 Å². The van der Waals surface area contributed by atoms with Crippen LogP contribution in [0.25, 0.3) is 5.82 Å². The lowest BCUT2D eigenvalue weighted by atomic mass is 10.2. The van der Waals surface area contributed by atoms with Crippen LogP contribution >= 0.6 is 11.6 Å². The van der Waals surface area contributed by atoms with Crippen LogP contribution in [0.5, 0.6) is 0 Å². The summed E-state index contributed by atoms with van der Waals surface area (Å²) in [7, 11) is 0. The van der Waals surface area contributed by atoms with Crippen LogP contribution in [0.1, 0.15) is 11.3 Å². The number of aryl methyl sites for hydroxylation is 2. The number of hydrogen-bond donors (Lipinski definition) is 3. The molecule has 0 fully saturated rings. The molecule has 2 amide bonds. The maximum Gasteiger partial charge on any atom is 0.319 e. The van der Waals surface area contributed by atoms with E-state index in [9.17, 15) is 4.79 Å². The van der Waals surface area contributed by atoms with Gasteiger partial charge in [-0.1, -0.05) is 17.7 Å². The largest absolute Gasteiger partial charge is 0.368 e. The number of amides is 2. The standard InChI is InChI=1S/C18H20ClN7O/c1-12-3-4-14(9-15(12)19)24-18(27)21-7-6-20-16-10-17(23-11-22-16)26-8-5-13(2)25-26/h3-5,8-11H,6-7H2,1-2H3,(H,20,22,23)(H2,21,24,27). The van der Waals surface area contributed by atoms with Gasteiger partial charge >= 0.3 is 6.03 Å². The summed E-state index contributed by atoms with van der Waals surface area (Å²) in [5.41, 5.74) is 2.51. The fourth-order valence-corrected chi connectivity index (χ4v) is 2.50. The van der Waals surface area contributed by atoms with Gasteiger partial charge in [0.15, 0.2) is 5.82 Å². The van der Waals surface area contributed by atoms with Crippen molar-refractivity contribution >= 4 is 29.1 Å². The van der Waals surface area contributed by atoms with Crippen LogP contribution in [0.3, 0.4) is 0 Å². The molecule has 0 radical (unpaired) electrons. The number of carbonyl (C=O) groups excluding carboxylic acids is 1. The van der Waals surface area contributed by atoms with Crippen LogP contribution in [0.15, 0.2) is 42.9 Å². The summed E-state index contributed by atoms with van der Waals surface area (Å²) in [4.78, 5) is 20.3. The minimum Gasteiger partial charge on any atom is -0.368 e. The Morgan fingerprint density at radius 2 is 2.00 bits per heavy atom. The number of urea groups is 1. The van der Waals surface area contributed by atoms with E-state index in [1.165, 1.54) is 6.33 Å². The van der Waals surface area contributed by atoms with Crippen molar-refractivity contribution in [2.45, 2.75) is 13.8 Å². The Labute approximate surface area is 162 Å². The summed E-state index contributed by atoms with van der Waals surface area (Å²) in [6.07, 6.45) is 3.31. The Morgan fingerprint density at radius 3 is 2.74 bits per heavy atom. The molecule has 0 aliphatic carbocycles. The lowest BCUT2D eigenvalue weighted by Gasteiger charge is -2.10. The molecule has 0 aliphatic heterocycles. The quantitative estimate of drug-likeness (QED) is 0.566. The zero-order chi connectivity index (χ0) is 19.2. The summed E-state index contributed by atoms with van der Waals surface area (Å²) in [6, 6.07) is 8.77. The molecule has 27 heavy (non-hydrogen) atoms. The van der Waals surface area contributed by atoms with Crippen LogP contribution in [-0.4, -0.2) is 38.9 Å². The monoisotopic (exact) mass is 385 g/mol. The number of rotatable bonds is 6. The van der Waals surface area contributed by atoms with E-state index in [0.29, 0.717) is 35.4 Å². The molecular weight excluding hydrogens is 366 g/mol. The van der Waals surface area contributed by atoms with Crippen molar-refractivity contribution in [1.29, 1.82) is 0 Å². The lowest BCUT2D eigenvalue weighted by molar-refractivity contribution is 0.252. The number of carbonyl (C=O) groups is 1. The van der Waals surface area contributed by atoms with E-state index in [-0.39, 0.29) is 6.03 Å². The maximum absolute atomic E-state index is 11.9. The third-order valence-corrected chi connectivity index (χ3v) is 4.16. The Kier molecular flexibility index (Phi) is 5.87. The fourth-order valence-electron chi connectivity index (χ4n) is 2.32. The summed E-state index contributed by atoms with van der Waals surface area (Å²) >= 11 is 6.05. The first-order valence-corrected chi connectivity index (χ1v) is 8.78. The fraction of sp³-hybridized carbons (Fsp3) is 0.222. The number of halogens is 1.